The Labute approximate surface area is 215 Å². The maximum absolute atomic E-state index is 13.6. The third kappa shape index (κ3) is 4.45. The van der Waals surface area contributed by atoms with E-state index < -0.39 is 28.7 Å². The minimum Gasteiger partial charge on any atom is -0.481 e. The number of nitrogens with zero attached hydrogens (tertiary/aromatic N) is 4. The van der Waals surface area contributed by atoms with Gasteiger partial charge in [0.2, 0.25) is 0 Å². The van der Waals surface area contributed by atoms with E-state index in [1.165, 1.54) is 12.1 Å². The predicted molar refractivity (Wildman–Crippen MR) is 133 cm³/mol. The number of aliphatic imine (C=N–C) groups is 1. The fraction of sp³-hybridized carbons (Fsp3) is 0.667. The molecule has 4 aliphatic carbocycles. The van der Waals surface area contributed by atoms with E-state index >= 15 is 0 Å². The SMILES string of the molecule is CC(CC#N)(C(N)=NC1C2CC3CC1CC(C(=O)O)(C3)C2)N1CCN(c2ccccc2C(F)(F)F)CC1. The van der Waals surface area contributed by atoms with Crippen LogP contribution in [0.5, 0.6) is 0 Å². The van der Waals surface area contributed by atoms with Gasteiger partial charge in [0.05, 0.1) is 35.0 Å². The number of benzene rings is 1. The second-order valence-corrected chi connectivity index (χ2v) is 11.7. The molecule has 1 saturated heterocycles. The van der Waals surface area contributed by atoms with Crippen molar-refractivity contribution in [3.63, 3.8) is 0 Å². The molecule has 6 rings (SSSR count). The van der Waals surface area contributed by atoms with Crippen molar-refractivity contribution in [3.8, 4) is 6.07 Å². The number of para-hydroxylation sites is 1. The van der Waals surface area contributed by atoms with Crippen molar-refractivity contribution in [1.29, 1.82) is 5.26 Å². The number of nitriles is 1. The van der Waals surface area contributed by atoms with Gasteiger partial charge in [0.1, 0.15) is 5.84 Å². The first kappa shape index (κ1) is 25.8. The number of alkyl halides is 3. The fourth-order valence-electron chi connectivity index (χ4n) is 7.72. The van der Waals surface area contributed by atoms with Crippen LogP contribution in [-0.2, 0) is 11.0 Å². The quantitative estimate of drug-likeness (QED) is 0.434. The van der Waals surface area contributed by atoms with Gasteiger partial charge < -0.3 is 15.7 Å². The summed E-state index contributed by atoms with van der Waals surface area (Å²) in [6, 6.07) is 7.81. The fourth-order valence-corrected chi connectivity index (χ4v) is 7.72. The molecule has 0 amide bonds. The Morgan fingerprint density at radius 1 is 1.16 bits per heavy atom. The van der Waals surface area contributed by atoms with Crippen molar-refractivity contribution >= 4 is 17.5 Å². The summed E-state index contributed by atoms with van der Waals surface area (Å²) in [6.07, 6.45) is -0.358. The maximum atomic E-state index is 13.6. The Morgan fingerprint density at radius 2 is 1.78 bits per heavy atom. The zero-order valence-corrected chi connectivity index (χ0v) is 21.0. The van der Waals surface area contributed by atoms with Crippen molar-refractivity contribution in [3.05, 3.63) is 29.8 Å². The highest BCUT2D eigenvalue weighted by molar-refractivity contribution is 5.90. The molecule has 10 heteroatoms. The van der Waals surface area contributed by atoms with E-state index in [4.69, 9.17) is 10.7 Å². The molecule has 5 fully saturated rings. The van der Waals surface area contributed by atoms with Crippen LogP contribution in [0, 0.1) is 34.5 Å². The standard InChI is InChI=1S/C27H34F3N5O2/c1-25(6-7-31,35-10-8-34(9-11-35)21-5-3-2-4-20(21)27(28,29)30)23(32)33-22-18-12-17-13-19(22)16-26(14-17,15-18)24(36)37/h2-5,17-19,22H,6,8-16H2,1H3,(H2,32,33)(H,36,37). The van der Waals surface area contributed by atoms with Crippen LogP contribution < -0.4 is 10.6 Å². The molecule has 1 heterocycles. The normalized spacial score (nSPS) is 33.7. The Bertz CT molecular complexity index is 1110. The van der Waals surface area contributed by atoms with Crippen LogP contribution in [0.1, 0.15) is 51.0 Å². The maximum Gasteiger partial charge on any atom is 0.418 e. The van der Waals surface area contributed by atoms with Gasteiger partial charge in [-0.3, -0.25) is 14.7 Å². The molecule has 1 aromatic rings. The molecule has 1 aliphatic heterocycles. The van der Waals surface area contributed by atoms with Gasteiger partial charge in [-0.25, -0.2) is 0 Å². The summed E-state index contributed by atoms with van der Waals surface area (Å²) in [4.78, 5) is 20.9. The van der Waals surface area contributed by atoms with Crippen molar-refractivity contribution < 1.29 is 23.1 Å². The molecule has 0 spiro atoms. The molecule has 3 unspecified atom stereocenters. The van der Waals surface area contributed by atoms with Gasteiger partial charge in [0.25, 0.3) is 0 Å². The lowest BCUT2D eigenvalue weighted by Crippen LogP contribution is -2.62. The van der Waals surface area contributed by atoms with Crippen LogP contribution in [-0.4, -0.2) is 59.6 Å². The van der Waals surface area contributed by atoms with Gasteiger partial charge in [-0.05, 0) is 68.9 Å². The summed E-state index contributed by atoms with van der Waals surface area (Å²) in [5.41, 5.74) is 4.69. The topological polar surface area (TPSA) is 106 Å². The second kappa shape index (κ2) is 9.19. The minimum atomic E-state index is -4.43. The number of hydrogen-bond donors (Lipinski definition) is 2. The first-order chi connectivity index (χ1) is 17.5. The summed E-state index contributed by atoms with van der Waals surface area (Å²) in [5.74, 6) is 0.479. The molecule has 3 atom stereocenters. The molecule has 4 bridgehead atoms. The van der Waals surface area contributed by atoms with E-state index in [0.29, 0.717) is 50.8 Å². The number of nitrogens with two attached hydrogens (primary N) is 1. The van der Waals surface area contributed by atoms with Crippen molar-refractivity contribution in [2.75, 3.05) is 31.1 Å². The first-order valence-electron chi connectivity index (χ1n) is 13.1. The van der Waals surface area contributed by atoms with Gasteiger partial charge in [0.15, 0.2) is 0 Å². The number of anilines is 1. The van der Waals surface area contributed by atoms with E-state index in [1.54, 1.807) is 11.0 Å². The molecule has 0 aromatic heterocycles. The molecule has 3 N–H and O–H groups in total. The number of halogens is 3. The van der Waals surface area contributed by atoms with Crippen LogP contribution in [0.2, 0.25) is 0 Å². The Morgan fingerprint density at radius 3 is 2.35 bits per heavy atom. The second-order valence-electron chi connectivity index (χ2n) is 11.7. The Kier molecular flexibility index (Phi) is 6.42. The van der Waals surface area contributed by atoms with Gasteiger partial charge in [-0.2, -0.15) is 18.4 Å². The lowest BCUT2D eigenvalue weighted by atomic mass is 9.48. The average Bonchev–Trinajstić information content (AvgIpc) is 2.85. The molecule has 4 saturated carbocycles. The van der Waals surface area contributed by atoms with Crippen LogP contribution in [0.4, 0.5) is 18.9 Å². The first-order valence-corrected chi connectivity index (χ1v) is 13.1. The third-order valence-corrected chi connectivity index (χ3v) is 9.47. The van der Waals surface area contributed by atoms with Crippen LogP contribution in [0.25, 0.3) is 0 Å². The van der Waals surface area contributed by atoms with Gasteiger partial charge >= 0.3 is 12.1 Å². The van der Waals surface area contributed by atoms with E-state index in [0.717, 1.165) is 25.3 Å². The summed E-state index contributed by atoms with van der Waals surface area (Å²) in [5, 5.41) is 19.6. The van der Waals surface area contributed by atoms with E-state index in [2.05, 4.69) is 11.0 Å². The molecule has 7 nitrogen and oxygen atoms in total. The number of hydrogen-bond acceptors (Lipinski definition) is 5. The number of carboxylic acid groups (broad SMARTS) is 1. The minimum absolute atomic E-state index is 0.0398. The number of carboxylic acids is 1. The number of rotatable bonds is 6. The molecule has 200 valence electrons. The zero-order valence-electron chi connectivity index (χ0n) is 21.0. The zero-order chi connectivity index (χ0) is 26.6. The molecular weight excluding hydrogens is 483 g/mol. The van der Waals surface area contributed by atoms with Crippen LogP contribution in [0.15, 0.2) is 29.3 Å². The summed E-state index contributed by atoms with van der Waals surface area (Å²) >= 11 is 0. The molecule has 37 heavy (non-hydrogen) atoms. The highest BCUT2D eigenvalue weighted by Gasteiger charge is 2.59. The summed E-state index contributed by atoms with van der Waals surface area (Å²) in [7, 11) is 0. The number of piperazine rings is 1. The van der Waals surface area contributed by atoms with Gasteiger partial charge in [-0.1, -0.05) is 12.1 Å². The number of aliphatic carboxylic acids is 1. The van der Waals surface area contributed by atoms with Crippen LogP contribution in [0.3, 0.4) is 0 Å². The predicted octanol–water partition coefficient (Wildman–Crippen LogP) is 4.14. The highest BCUT2D eigenvalue weighted by Crippen LogP contribution is 2.61. The summed E-state index contributed by atoms with van der Waals surface area (Å²) < 4.78 is 40.7. The summed E-state index contributed by atoms with van der Waals surface area (Å²) in [6.45, 7) is 3.53. The average molecular weight is 518 g/mol. The number of amidine groups is 1. The third-order valence-electron chi connectivity index (χ3n) is 9.47. The highest BCUT2D eigenvalue weighted by atomic mass is 19.4. The van der Waals surface area contributed by atoms with E-state index in [9.17, 15) is 28.3 Å². The monoisotopic (exact) mass is 517 g/mol. The van der Waals surface area contributed by atoms with Crippen molar-refractivity contribution in [1.82, 2.24) is 4.90 Å². The molecular formula is C27H34F3N5O2. The van der Waals surface area contributed by atoms with E-state index in [-0.39, 0.29) is 30.0 Å². The Balaban J connectivity index is 1.33. The lowest BCUT2D eigenvalue weighted by Gasteiger charge is -2.57. The smallest absolute Gasteiger partial charge is 0.418 e. The number of carbonyl (C=O) groups is 1. The van der Waals surface area contributed by atoms with Crippen molar-refractivity contribution in [2.45, 2.75) is 63.2 Å². The van der Waals surface area contributed by atoms with Crippen LogP contribution >= 0.6 is 0 Å². The van der Waals surface area contributed by atoms with E-state index in [1.807, 2.05) is 6.92 Å². The lowest BCUT2D eigenvalue weighted by molar-refractivity contribution is -0.166. The van der Waals surface area contributed by atoms with Gasteiger partial charge in [-0.15, -0.1) is 0 Å². The molecule has 5 aliphatic rings. The van der Waals surface area contributed by atoms with Crippen molar-refractivity contribution in [2.24, 2.45) is 33.9 Å². The van der Waals surface area contributed by atoms with Gasteiger partial charge in [0, 0.05) is 31.9 Å². The Hall–Kier alpha value is -2.80. The molecule has 1 aromatic carbocycles. The largest absolute Gasteiger partial charge is 0.481 e. The molecule has 0 radical (unpaired) electrons.